The number of carbonyl (C=O) groups excluding carboxylic acids is 1. The third-order valence-electron chi connectivity index (χ3n) is 3.25. The molecule has 0 spiro atoms. The Morgan fingerprint density at radius 3 is 2.95 bits per heavy atom. The Hall–Kier alpha value is -2.00. The van der Waals surface area contributed by atoms with Crippen LogP contribution in [-0.2, 0) is 0 Å². The van der Waals surface area contributed by atoms with E-state index in [-0.39, 0.29) is 5.78 Å². The molecule has 2 nitrogen and oxygen atoms in total. The first-order valence-corrected chi connectivity index (χ1v) is 7.58. The van der Waals surface area contributed by atoms with Crippen LogP contribution in [0.2, 0.25) is 0 Å². The Kier molecular flexibility index (Phi) is 3.61. The molecular formula is C17H15NOS. The lowest BCUT2D eigenvalue weighted by molar-refractivity contribution is 0.0985. The Morgan fingerprint density at radius 1 is 1.20 bits per heavy atom. The highest BCUT2D eigenvalue weighted by atomic mass is 32.1. The number of hydrogen-bond acceptors (Lipinski definition) is 3. The van der Waals surface area contributed by atoms with E-state index in [1.807, 2.05) is 31.2 Å². The van der Waals surface area contributed by atoms with Crippen molar-refractivity contribution >= 4 is 28.0 Å². The standard InChI is InChI=1S/C17H15NOS/c1-2-4-15(19)17-9-8-16(20-17)13-6-7-14-12(11-13)5-3-10-18-14/h3,5-11H,2,4H2,1H3. The summed E-state index contributed by atoms with van der Waals surface area (Å²) in [6.07, 6.45) is 3.32. The zero-order valence-electron chi connectivity index (χ0n) is 11.3. The van der Waals surface area contributed by atoms with Gasteiger partial charge in [-0.2, -0.15) is 0 Å². The molecule has 2 heterocycles. The fraction of sp³-hybridized carbons (Fsp3) is 0.176. The van der Waals surface area contributed by atoms with Gasteiger partial charge in [0, 0.05) is 22.9 Å². The molecule has 0 atom stereocenters. The first kappa shape index (κ1) is 13.0. The third kappa shape index (κ3) is 2.49. The second-order valence-electron chi connectivity index (χ2n) is 4.75. The predicted molar refractivity (Wildman–Crippen MR) is 84.3 cm³/mol. The van der Waals surface area contributed by atoms with Gasteiger partial charge in [0.15, 0.2) is 5.78 Å². The van der Waals surface area contributed by atoms with Gasteiger partial charge in [-0.1, -0.05) is 19.1 Å². The molecule has 3 heteroatoms. The minimum Gasteiger partial charge on any atom is -0.293 e. The fourth-order valence-corrected chi connectivity index (χ4v) is 3.19. The second-order valence-corrected chi connectivity index (χ2v) is 5.83. The van der Waals surface area contributed by atoms with Crippen LogP contribution in [0.15, 0.2) is 48.7 Å². The van der Waals surface area contributed by atoms with Crippen molar-refractivity contribution in [3.05, 3.63) is 53.5 Å². The fourth-order valence-electron chi connectivity index (χ4n) is 2.22. The molecule has 100 valence electrons. The summed E-state index contributed by atoms with van der Waals surface area (Å²) in [6, 6.07) is 14.2. The van der Waals surface area contributed by atoms with Crippen LogP contribution in [0.1, 0.15) is 29.4 Å². The highest BCUT2D eigenvalue weighted by Gasteiger charge is 2.09. The summed E-state index contributed by atoms with van der Waals surface area (Å²) in [7, 11) is 0. The molecule has 0 fully saturated rings. The lowest BCUT2D eigenvalue weighted by Gasteiger charge is -2.00. The maximum atomic E-state index is 11.9. The average Bonchev–Trinajstić information content (AvgIpc) is 2.97. The quantitative estimate of drug-likeness (QED) is 0.633. The molecule has 0 saturated carbocycles. The number of aromatic nitrogens is 1. The topological polar surface area (TPSA) is 30.0 Å². The van der Waals surface area contributed by atoms with Crippen molar-refractivity contribution in [2.24, 2.45) is 0 Å². The van der Waals surface area contributed by atoms with E-state index in [9.17, 15) is 4.79 Å². The molecule has 0 saturated heterocycles. The van der Waals surface area contributed by atoms with Gasteiger partial charge in [0.25, 0.3) is 0 Å². The molecule has 0 aliphatic rings. The van der Waals surface area contributed by atoms with Gasteiger partial charge < -0.3 is 0 Å². The molecule has 3 aromatic rings. The van der Waals surface area contributed by atoms with Crippen molar-refractivity contribution in [3.8, 4) is 10.4 Å². The van der Waals surface area contributed by atoms with Gasteiger partial charge in [0.1, 0.15) is 0 Å². The van der Waals surface area contributed by atoms with Crippen LogP contribution in [-0.4, -0.2) is 10.8 Å². The first-order valence-electron chi connectivity index (χ1n) is 6.76. The number of hydrogen-bond donors (Lipinski definition) is 0. The molecule has 20 heavy (non-hydrogen) atoms. The van der Waals surface area contributed by atoms with Gasteiger partial charge in [-0.3, -0.25) is 9.78 Å². The van der Waals surface area contributed by atoms with E-state index < -0.39 is 0 Å². The largest absolute Gasteiger partial charge is 0.293 e. The number of pyridine rings is 1. The highest BCUT2D eigenvalue weighted by Crippen LogP contribution is 2.30. The second kappa shape index (κ2) is 5.55. The molecule has 0 unspecified atom stereocenters. The van der Waals surface area contributed by atoms with Crippen LogP contribution in [0.3, 0.4) is 0 Å². The van der Waals surface area contributed by atoms with Gasteiger partial charge in [0.05, 0.1) is 10.4 Å². The summed E-state index contributed by atoms with van der Waals surface area (Å²) in [5.74, 6) is 0.242. The van der Waals surface area contributed by atoms with Crippen molar-refractivity contribution in [1.29, 1.82) is 0 Å². The van der Waals surface area contributed by atoms with Crippen molar-refractivity contribution in [2.45, 2.75) is 19.8 Å². The predicted octanol–water partition coefficient (Wildman–Crippen LogP) is 4.95. The lowest BCUT2D eigenvalue weighted by Crippen LogP contribution is -1.93. The maximum Gasteiger partial charge on any atom is 0.172 e. The van der Waals surface area contributed by atoms with Crippen LogP contribution in [0.25, 0.3) is 21.3 Å². The number of ketones is 1. The Morgan fingerprint density at radius 2 is 2.10 bits per heavy atom. The number of fused-ring (bicyclic) bond motifs is 1. The van der Waals surface area contributed by atoms with E-state index >= 15 is 0 Å². The zero-order valence-corrected chi connectivity index (χ0v) is 12.1. The zero-order chi connectivity index (χ0) is 13.9. The lowest BCUT2D eigenvalue weighted by atomic mass is 10.1. The van der Waals surface area contributed by atoms with Crippen molar-refractivity contribution in [1.82, 2.24) is 4.98 Å². The van der Waals surface area contributed by atoms with E-state index in [1.54, 1.807) is 17.5 Å². The molecule has 1 aromatic carbocycles. The minimum atomic E-state index is 0.242. The minimum absolute atomic E-state index is 0.242. The Bertz CT molecular complexity index is 760. The van der Waals surface area contributed by atoms with E-state index in [2.05, 4.69) is 23.2 Å². The summed E-state index contributed by atoms with van der Waals surface area (Å²) in [4.78, 5) is 18.2. The molecule has 0 aliphatic heterocycles. The molecule has 0 bridgehead atoms. The normalized spacial score (nSPS) is 10.8. The summed E-state index contributed by atoms with van der Waals surface area (Å²) in [6.45, 7) is 2.03. The molecule has 0 radical (unpaired) electrons. The number of rotatable bonds is 4. The van der Waals surface area contributed by atoms with Crippen LogP contribution in [0.5, 0.6) is 0 Å². The monoisotopic (exact) mass is 281 g/mol. The van der Waals surface area contributed by atoms with Crippen LogP contribution >= 0.6 is 11.3 Å². The van der Waals surface area contributed by atoms with Gasteiger partial charge in [0.2, 0.25) is 0 Å². The van der Waals surface area contributed by atoms with Gasteiger partial charge >= 0.3 is 0 Å². The van der Waals surface area contributed by atoms with Gasteiger partial charge in [-0.05, 0) is 42.3 Å². The van der Waals surface area contributed by atoms with Gasteiger partial charge in [-0.25, -0.2) is 0 Å². The van der Waals surface area contributed by atoms with E-state index in [4.69, 9.17) is 0 Å². The van der Waals surface area contributed by atoms with Crippen LogP contribution in [0.4, 0.5) is 0 Å². The third-order valence-corrected chi connectivity index (χ3v) is 4.42. The van der Waals surface area contributed by atoms with Crippen molar-refractivity contribution in [3.63, 3.8) is 0 Å². The summed E-state index contributed by atoms with van der Waals surface area (Å²) in [5.41, 5.74) is 2.14. The van der Waals surface area contributed by atoms with Crippen molar-refractivity contribution in [2.75, 3.05) is 0 Å². The molecule has 0 aliphatic carbocycles. The maximum absolute atomic E-state index is 11.9. The number of nitrogens with zero attached hydrogens (tertiary/aromatic N) is 1. The smallest absolute Gasteiger partial charge is 0.172 e. The SMILES string of the molecule is CCCC(=O)c1ccc(-c2ccc3ncccc3c2)s1. The molecular weight excluding hydrogens is 266 g/mol. The highest BCUT2D eigenvalue weighted by molar-refractivity contribution is 7.17. The molecule has 0 amide bonds. The van der Waals surface area contributed by atoms with E-state index in [0.29, 0.717) is 6.42 Å². The number of carbonyl (C=O) groups is 1. The van der Waals surface area contributed by atoms with Crippen LogP contribution in [0, 0.1) is 0 Å². The molecule has 0 N–H and O–H groups in total. The first-order chi connectivity index (χ1) is 9.78. The summed E-state index contributed by atoms with van der Waals surface area (Å²) >= 11 is 1.57. The summed E-state index contributed by atoms with van der Waals surface area (Å²) < 4.78 is 0. The number of thiophene rings is 1. The Labute approximate surface area is 122 Å². The van der Waals surface area contributed by atoms with E-state index in [0.717, 1.165) is 32.6 Å². The van der Waals surface area contributed by atoms with Crippen LogP contribution < -0.4 is 0 Å². The number of Topliss-reactive ketones (excluding diaryl/α,β-unsaturated/α-hetero) is 1. The molecule has 3 rings (SSSR count). The average molecular weight is 281 g/mol. The Balaban J connectivity index is 1.96. The number of benzene rings is 1. The summed E-state index contributed by atoms with van der Waals surface area (Å²) in [5, 5.41) is 1.12. The van der Waals surface area contributed by atoms with Gasteiger partial charge in [-0.15, -0.1) is 11.3 Å². The van der Waals surface area contributed by atoms with E-state index in [1.165, 1.54) is 0 Å². The molecule has 2 aromatic heterocycles. The van der Waals surface area contributed by atoms with Crippen molar-refractivity contribution < 1.29 is 4.79 Å².